The zero-order valence-corrected chi connectivity index (χ0v) is 15.6. The molecule has 0 aromatic carbocycles. The molecule has 1 aliphatic carbocycles. The molecule has 5 nitrogen and oxygen atoms in total. The first kappa shape index (κ1) is 17.0. The van der Waals surface area contributed by atoms with E-state index in [9.17, 15) is 4.79 Å². The quantitative estimate of drug-likeness (QED) is 0.778. The van der Waals surface area contributed by atoms with Gasteiger partial charge in [0.15, 0.2) is 0 Å². The van der Waals surface area contributed by atoms with Crippen LogP contribution in [0.15, 0.2) is 0 Å². The lowest BCUT2D eigenvalue weighted by atomic mass is 9.78. The zero-order chi connectivity index (χ0) is 16.8. The van der Waals surface area contributed by atoms with Gasteiger partial charge in [-0.25, -0.2) is 4.79 Å². The van der Waals surface area contributed by atoms with Crippen molar-refractivity contribution in [2.75, 3.05) is 53.9 Å². The van der Waals surface area contributed by atoms with Gasteiger partial charge in [0, 0.05) is 57.9 Å². The number of carbonyl (C=O) groups is 1. The summed E-state index contributed by atoms with van der Waals surface area (Å²) in [5, 5.41) is 0. The number of urea groups is 1. The highest BCUT2D eigenvalue weighted by atomic mass is 16.2. The summed E-state index contributed by atoms with van der Waals surface area (Å²) in [6, 6.07) is 0.164. The Kier molecular flexibility index (Phi) is 4.38. The molecule has 2 amide bonds. The van der Waals surface area contributed by atoms with Crippen molar-refractivity contribution in [2.24, 2.45) is 5.92 Å². The molecule has 1 saturated carbocycles. The number of likely N-dealkylation sites (tertiary alicyclic amines) is 1. The minimum atomic E-state index is 0.164. The van der Waals surface area contributed by atoms with Gasteiger partial charge >= 0.3 is 6.03 Å². The molecule has 0 aromatic rings. The van der Waals surface area contributed by atoms with Gasteiger partial charge in [-0.2, -0.15) is 0 Å². The Bertz CT molecular complexity index is 450. The van der Waals surface area contributed by atoms with Crippen LogP contribution in [0.2, 0.25) is 0 Å². The lowest BCUT2D eigenvalue weighted by molar-refractivity contribution is -0.102. The van der Waals surface area contributed by atoms with Crippen LogP contribution in [0.3, 0.4) is 0 Å². The molecule has 132 valence electrons. The van der Waals surface area contributed by atoms with Crippen molar-refractivity contribution in [3.8, 4) is 0 Å². The van der Waals surface area contributed by atoms with E-state index in [0.29, 0.717) is 0 Å². The fourth-order valence-electron chi connectivity index (χ4n) is 4.86. The van der Waals surface area contributed by atoms with E-state index >= 15 is 0 Å². The number of carbonyl (C=O) groups excluding carboxylic acids is 1. The number of hydrogen-bond acceptors (Lipinski definition) is 3. The predicted octanol–water partition coefficient (Wildman–Crippen LogP) is 1.94. The molecule has 0 unspecified atom stereocenters. The van der Waals surface area contributed by atoms with Crippen molar-refractivity contribution in [2.45, 2.75) is 50.6 Å². The second kappa shape index (κ2) is 5.92. The van der Waals surface area contributed by atoms with E-state index in [1.54, 1.807) is 4.90 Å². The minimum Gasteiger partial charge on any atom is -0.331 e. The van der Waals surface area contributed by atoms with Crippen molar-refractivity contribution in [3.63, 3.8) is 0 Å². The summed E-state index contributed by atoms with van der Waals surface area (Å²) in [5.74, 6) is 0.913. The Morgan fingerprint density at radius 2 is 1.74 bits per heavy atom. The molecule has 2 saturated heterocycles. The molecular weight excluding hydrogens is 288 g/mol. The Balaban J connectivity index is 1.76. The second-order valence-electron chi connectivity index (χ2n) is 8.93. The summed E-state index contributed by atoms with van der Waals surface area (Å²) in [6.45, 7) is 10.1. The number of rotatable bonds is 2. The van der Waals surface area contributed by atoms with Crippen LogP contribution in [-0.4, -0.2) is 90.6 Å². The minimum absolute atomic E-state index is 0.164. The van der Waals surface area contributed by atoms with E-state index in [0.717, 1.165) is 44.9 Å². The third-order valence-corrected chi connectivity index (χ3v) is 6.01. The number of piperidine rings is 1. The van der Waals surface area contributed by atoms with Gasteiger partial charge in [0.2, 0.25) is 0 Å². The Morgan fingerprint density at radius 3 is 2.26 bits per heavy atom. The predicted molar refractivity (Wildman–Crippen MR) is 93.6 cm³/mol. The molecule has 0 aromatic heterocycles. The molecule has 2 heterocycles. The normalized spacial score (nSPS) is 28.1. The van der Waals surface area contributed by atoms with Gasteiger partial charge < -0.3 is 14.7 Å². The highest BCUT2D eigenvalue weighted by Gasteiger charge is 2.51. The van der Waals surface area contributed by atoms with Crippen LogP contribution in [0.5, 0.6) is 0 Å². The van der Waals surface area contributed by atoms with E-state index < -0.39 is 0 Å². The van der Waals surface area contributed by atoms with E-state index in [-0.39, 0.29) is 17.1 Å². The highest BCUT2D eigenvalue weighted by Crippen LogP contribution is 2.42. The fraction of sp³-hybridized carbons (Fsp3) is 0.944. The average molecular weight is 322 g/mol. The van der Waals surface area contributed by atoms with Crippen LogP contribution in [-0.2, 0) is 0 Å². The Hall–Kier alpha value is -0.810. The van der Waals surface area contributed by atoms with Gasteiger partial charge in [0.05, 0.1) is 0 Å². The average Bonchev–Trinajstić information content (AvgIpc) is 3.26. The van der Waals surface area contributed by atoms with Gasteiger partial charge in [0.1, 0.15) is 0 Å². The number of amides is 2. The van der Waals surface area contributed by atoms with Crippen molar-refractivity contribution in [3.05, 3.63) is 0 Å². The van der Waals surface area contributed by atoms with E-state index in [4.69, 9.17) is 0 Å². The zero-order valence-electron chi connectivity index (χ0n) is 15.6. The topological polar surface area (TPSA) is 30.0 Å². The Labute approximate surface area is 141 Å². The molecule has 0 bridgehead atoms. The maximum atomic E-state index is 12.3. The number of likely N-dealkylation sites (N-methyl/N-ethyl adjacent to an activating group) is 1. The molecule has 5 heteroatoms. The molecule has 2 aliphatic heterocycles. The summed E-state index contributed by atoms with van der Waals surface area (Å²) in [5.41, 5.74) is 0.478. The molecule has 0 radical (unpaired) electrons. The third-order valence-electron chi connectivity index (χ3n) is 6.01. The number of hydrogen-bond donors (Lipinski definition) is 0. The van der Waals surface area contributed by atoms with Crippen LogP contribution in [0.4, 0.5) is 4.79 Å². The monoisotopic (exact) mass is 322 g/mol. The lowest BCUT2D eigenvalue weighted by Gasteiger charge is -2.60. The maximum absolute atomic E-state index is 12.3. The number of piperazine rings is 1. The van der Waals surface area contributed by atoms with Crippen LogP contribution in [0, 0.1) is 5.92 Å². The first-order valence-electron chi connectivity index (χ1n) is 9.16. The van der Waals surface area contributed by atoms with E-state index in [2.05, 4.69) is 30.7 Å². The van der Waals surface area contributed by atoms with Crippen LogP contribution < -0.4 is 0 Å². The van der Waals surface area contributed by atoms with Crippen molar-refractivity contribution in [1.82, 2.24) is 19.6 Å². The third kappa shape index (κ3) is 3.36. The standard InChI is InChI=1S/C18H34N4O/c1-17(2)13-20(5)14-18(22(17)12-15-6-7-15)8-10-21(11-9-18)16(23)19(3)4/h15H,6-14H2,1-5H3. The van der Waals surface area contributed by atoms with E-state index in [1.165, 1.54) is 19.4 Å². The molecular formula is C18H34N4O. The molecule has 0 atom stereocenters. The van der Waals surface area contributed by atoms with Gasteiger partial charge in [-0.15, -0.1) is 0 Å². The first-order chi connectivity index (χ1) is 10.7. The molecule has 0 N–H and O–H groups in total. The van der Waals surface area contributed by atoms with Crippen molar-refractivity contribution >= 4 is 6.03 Å². The van der Waals surface area contributed by atoms with E-state index in [1.807, 2.05) is 19.0 Å². The fourth-order valence-corrected chi connectivity index (χ4v) is 4.86. The highest BCUT2D eigenvalue weighted by molar-refractivity contribution is 5.73. The largest absolute Gasteiger partial charge is 0.331 e. The smallest absolute Gasteiger partial charge is 0.319 e. The van der Waals surface area contributed by atoms with Gasteiger partial charge in [-0.05, 0) is 52.5 Å². The van der Waals surface area contributed by atoms with Gasteiger partial charge in [-0.3, -0.25) is 4.90 Å². The van der Waals surface area contributed by atoms with Gasteiger partial charge in [-0.1, -0.05) is 0 Å². The summed E-state index contributed by atoms with van der Waals surface area (Å²) in [6.07, 6.45) is 5.02. The molecule has 1 spiro atoms. The van der Waals surface area contributed by atoms with Crippen LogP contribution >= 0.6 is 0 Å². The van der Waals surface area contributed by atoms with Gasteiger partial charge in [0.25, 0.3) is 0 Å². The van der Waals surface area contributed by atoms with Crippen LogP contribution in [0.1, 0.15) is 39.5 Å². The SMILES string of the molecule is CN1CC(C)(C)N(CC2CC2)C2(CCN(C(=O)N(C)C)CC2)C1. The maximum Gasteiger partial charge on any atom is 0.319 e. The summed E-state index contributed by atoms with van der Waals surface area (Å²) < 4.78 is 0. The number of nitrogens with zero attached hydrogens (tertiary/aromatic N) is 4. The van der Waals surface area contributed by atoms with Crippen LogP contribution in [0.25, 0.3) is 0 Å². The second-order valence-corrected chi connectivity index (χ2v) is 8.93. The molecule has 3 rings (SSSR count). The molecule has 3 fully saturated rings. The molecule has 23 heavy (non-hydrogen) atoms. The summed E-state index contributed by atoms with van der Waals surface area (Å²) in [7, 11) is 5.96. The summed E-state index contributed by atoms with van der Waals surface area (Å²) in [4.78, 5) is 21.3. The first-order valence-corrected chi connectivity index (χ1v) is 9.16. The van der Waals surface area contributed by atoms with Crippen molar-refractivity contribution < 1.29 is 4.79 Å². The Morgan fingerprint density at radius 1 is 1.13 bits per heavy atom. The van der Waals surface area contributed by atoms with Crippen molar-refractivity contribution in [1.29, 1.82) is 0 Å². The lowest BCUT2D eigenvalue weighted by Crippen LogP contribution is -2.72. The summed E-state index contributed by atoms with van der Waals surface area (Å²) >= 11 is 0. The molecule has 3 aliphatic rings.